The number of rotatable bonds is 5. The second-order valence-electron chi connectivity index (χ2n) is 2.89. The summed E-state index contributed by atoms with van der Waals surface area (Å²) in [6.45, 7) is 1.96. The van der Waals surface area contributed by atoms with Gasteiger partial charge in [-0.15, -0.1) is 0 Å². The summed E-state index contributed by atoms with van der Waals surface area (Å²) in [6, 6.07) is 0. The largest absolute Gasteiger partial charge is 0.336 e. The fraction of sp³-hybridized carbons (Fsp3) is 0.500. The van der Waals surface area contributed by atoms with Crippen molar-refractivity contribution in [2.75, 3.05) is 11.5 Å². The zero-order valence-electron chi connectivity index (χ0n) is 7.88. The smallest absolute Gasteiger partial charge is 0.169 e. The van der Waals surface area contributed by atoms with Crippen LogP contribution >= 0.6 is 0 Å². The first-order chi connectivity index (χ1) is 6.57. The molecule has 14 heavy (non-hydrogen) atoms. The van der Waals surface area contributed by atoms with Gasteiger partial charge in [0.15, 0.2) is 16.1 Å². The van der Waals surface area contributed by atoms with Crippen LogP contribution in [0.2, 0.25) is 0 Å². The quantitative estimate of drug-likeness (QED) is 0.656. The van der Waals surface area contributed by atoms with E-state index in [2.05, 4.69) is 4.98 Å². The van der Waals surface area contributed by atoms with Crippen molar-refractivity contribution in [3.63, 3.8) is 0 Å². The molecule has 0 spiro atoms. The van der Waals surface area contributed by atoms with Gasteiger partial charge >= 0.3 is 0 Å². The van der Waals surface area contributed by atoms with E-state index in [4.69, 9.17) is 0 Å². The highest BCUT2D eigenvalue weighted by Crippen LogP contribution is 1.96. The minimum absolute atomic E-state index is 0.0815. The Morgan fingerprint density at radius 2 is 2.29 bits per heavy atom. The Morgan fingerprint density at radius 1 is 1.57 bits per heavy atom. The first-order valence-corrected chi connectivity index (χ1v) is 6.07. The van der Waals surface area contributed by atoms with Crippen LogP contribution in [0.15, 0.2) is 12.5 Å². The topological polar surface area (TPSA) is 69.0 Å². The Morgan fingerprint density at radius 3 is 2.79 bits per heavy atom. The number of carbonyl (C=O) groups is 1. The molecule has 0 unspecified atom stereocenters. The monoisotopic (exact) mass is 216 g/mol. The number of aromatic nitrogens is 2. The van der Waals surface area contributed by atoms with Gasteiger partial charge in [0.05, 0.1) is 12.1 Å². The van der Waals surface area contributed by atoms with Crippen LogP contribution in [0, 0.1) is 0 Å². The van der Waals surface area contributed by atoms with Crippen LogP contribution in [0.5, 0.6) is 0 Å². The molecule has 0 aliphatic carbocycles. The van der Waals surface area contributed by atoms with Gasteiger partial charge < -0.3 is 4.57 Å². The molecule has 0 aliphatic heterocycles. The molecule has 1 rings (SSSR count). The number of carbonyl (C=O) groups excluding carboxylic acids is 1. The van der Waals surface area contributed by atoms with Crippen LogP contribution in [0.4, 0.5) is 0 Å². The number of sulfone groups is 1. The molecule has 0 N–H and O–H groups in total. The lowest BCUT2D eigenvalue weighted by Gasteiger charge is -2.01. The fourth-order valence-corrected chi connectivity index (χ4v) is 1.73. The summed E-state index contributed by atoms with van der Waals surface area (Å²) in [4.78, 5) is 14.0. The highest BCUT2D eigenvalue weighted by molar-refractivity contribution is 7.91. The van der Waals surface area contributed by atoms with Crippen LogP contribution < -0.4 is 0 Å². The number of aldehydes is 1. The van der Waals surface area contributed by atoms with E-state index in [0.29, 0.717) is 18.5 Å². The molecule has 78 valence electrons. The molecule has 6 heteroatoms. The maximum absolute atomic E-state index is 11.1. The normalized spacial score (nSPS) is 11.5. The molecule has 0 aromatic carbocycles. The van der Waals surface area contributed by atoms with Gasteiger partial charge in [-0.3, -0.25) is 4.79 Å². The van der Waals surface area contributed by atoms with Crippen molar-refractivity contribution >= 4 is 16.1 Å². The predicted molar refractivity (Wildman–Crippen MR) is 51.9 cm³/mol. The van der Waals surface area contributed by atoms with Gasteiger partial charge in [0.1, 0.15) is 5.69 Å². The van der Waals surface area contributed by atoms with E-state index in [0.717, 1.165) is 0 Å². The van der Waals surface area contributed by atoms with Gasteiger partial charge in [-0.1, -0.05) is 6.92 Å². The maximum Gasteiger partial charge on any atom is 0.169 e. The summed E-state index contributed by atoms with van der Waals surface area (Å²) in [6.07, 6.45) is 3.61. The van der Waals surface area contributed by atoms with Gasteiger partial charge in [-0.2, -0.15) is 0 Å². The molecule has 1 aromatic rings. The van der Waals surface area contributed by atoms with Crippen LogP contribution in [0.25, 0.3) is 0 Å². The number of hydrogen-bond acceptors (Lipinski definition) is 4. The summed E-state index contributed by atoms with van der Waals surface area (Å²) in [5.41, 5.74) is 0.318. The first-order valence-electron chi connectivity index (χ1n) is 4.25. The van der Waals surface area contributed by atoms with Gasteiger partial charge in [-0.25, -0.2) is 13.4 Å². The Balaban J connectivity index is 2.58. The van der Waals surface area contributed by atoms with E-state index in [1.807, 2.05) is 0 Å². The minimum Gasteiger partial charge on any atom is -0.336 e. The molecule has 5 nitrogen and oxygen atoms in total. The molecule has 1 aromatic heterocycles. The summed E-state index contributed by atoms with van der Waals surface area (Å²) in [5, 5.41) is 0. The summed E-state index contributed by atoms with van der Waals surface area (Å²) < 4.78 is 23.9. The number of nitrogens with zero attached hydrogens (tertiary/aromatic N) is 2. The number of imidazole rings is 1. The third-order valence-corrected chi connectivity index (χ3v) is 3.56. The lowest BCUT2D eigenvalue weighted by atomic mass is 10.5. The highest BCUT2D eigenvalue weighted by atomic mass is 32.2. The average molecular weight is 216 g/mol. The number of hydrogen-bond donors (Lipinski definition) is 0. The lowest BCUT2D eigenvalue weighted by Crippen LogP contribution is -2.13. The van der Waals surface area contributed by atoms with Crippen LogP contribution in [0.1, 0.15) is 17.4 Å². The molecule has 1 heterocycles. The van der Waals surface area contributed by atoms with E-state index in [-0.39, 0.29) is 11.5 Å². The molecule has 0 atom stereocenters. The molecule has 0 bridgehead atoms. The van der Waals surface area contributed by atoms with E-state index in [9.17, 15) is 13.2 Å². The van der Waals surface area contributed by atoms with E-state index >= 15 is 0 Å². The van der Waals surface area contributed by atoms with Crippen molar-refractivity contribution in [2.45, 2.75) is 13.5 Å². The zero-order chi connectivity index (χ0) is 10.6. The molecular weight excluding hydrogens is 204 g/mol. The van der Waals surface area contributed by atoms with Crippen molar-refractivity contribution in [2.24, 2.45) is 0 Å². The predicted octanol–water partition coefficient (Wildman–Crippen LogP) is 0.130. The van der Waals surface area contributed by atoms with Gasteiger partial charge in [0.2, 0.25) is 0 Å². The second-order valence-corrected chi connectivity index (χ2v) is 5.36. The van der Waals surface area contributed by atoms with Crippen LogP contribution in [0.3, 0.4) is 0 Å². The lowest BCUT2D eigenvalue weighted by molar-refractivity contribution is 0.111. The van der Waals surface area contributed by atoms with E-state index < -0.39 is 9.84 Å². The zero-order valence-corrected chi connectivity index (χ0v) is 8.70. The molecular formula is C8H12N2O3S. The molecule has 0 saturated heterocycles. The Bertz CT molecular complexity index is 408. The SMILES string of the molecule is CCS(=O)(=O)CCn1cnc(C=O)c1. The minimum atomic E-state index is -2.95. The highest BCUT2D eigenvalue weighted by Gasteiger charge is 2.07. The average Bonchev–Trinajstić information content (AvgIpc) is 2.63. The molecule has 0 radical (unpaired) electrons. The Kier molecular flexibility index (Phi) is 3.40. The Hall–Kier alpha value is -1.17. The Labute approximate surface area is 82.7 Å². The van der Waals surface area contributed by atoms with Gasteiger partial charge in [-0.05, 0) is 0 Å². The van der Waals surface area contributed by atoms with Gasteiger partial charge in [0, 0.05) is 18.5 Å². The van der Waals surface area contributed by atoms with Crippen molar-refractivity contribution in [3.05, 3.63) is 18.2 Å². The van der Waals surface area contributed by atoms with Crippen molar-refractivity contribution in [1.82, 2.24) is 9.55 Å². The molecule has 0 aliphatic rings. The van der Waals surface area contributed by atoms with Crippen molar-refractivity contribution in [3.8, 4) is 0 Å². The third-order valence-electron chi connectivity index (χ3n) is 1.87. The molecule has 0 amide bonds. The van der Waals surface area contributed by atoms with Crippen LogP contribution in [-0.2, 0) is 16.4 Å². The second kappa shape index (κ2) is 4.36. The number of aryl methyl sites for hydroxylation is 1. The summed E-state index contributed by atoms with van der Waals surface area (Å²) in [5.74, 6) is 0.223. The third kappa shape index (κ3) is 2.95. The fourth-order valence-electron chi connectivity index (χ4n) is 0.949. The first kappa shape index (κ1) is 10.9. The summed E-state index contributed by atoms with van der Waals surface area (Å²) in [7, 11) is -2.95. The van der Waals surface area contributed by atoms with E-state index in [1.165, 1.54) is 12.5 Å². The van der Waals surface area contributed by atoms with E-state index in [1.54, 1.807) is 11.5 Å². The maximum atomic E-state index is 11.1. The van der Waals surface area contributed by atoms with Crippen LogP contribution in [-0.4, -0.2) is 35.8 Å². The standard InChI is InChI=1S/C8H12N2O3S/c1-2-14(12,13)4-3-10-5-8(6-11)9-7-10/h5-7H,2-4H2,1H3. The van der Waals surface area contributed by atoms with Crippen molar-refractivity contribution in [1.29, 1.82) is 0 Å². The molecule has 0 fully saturated rings. The molecule has 0 saturated carbocycles. The summed E-state index contributed by atoms with van der Waals surface area (Å²) >= 11 is 0. The van der Waals surface area contributed by atoms with Crippen molar-refractivity contribution < 1.29 is 13.2 Å². The van der Waals surface area contributed by atoms with Gasteiger partial charge in [0.25, 0.3) is 0 Å².